The fourth-order valence-corrected chi connectivity index (χ4v) is 3.55. The van der Waals surface area contributed by atoms with Crippen molar-refractivity contribution in [1.29, 1.82) is 0 Å². The number of non-ortho nitro benzene ring substituents is 1. The van der Waals surface area contributed by atoms with Gasteiger partial charge in [-0.2, -0.15) is 0 Å². The first-order valence-electron chi connectivity index (χ1n) is 10.2. The van der Waals surface area contributed by atoms with Crippen LogP contribution in [0.4, 0.5) is 11.4 Å². The molecule has 0 unspecified atom stereocenters. The number of esters is 1. The number of ether oxygens (including phenoxy) is 3. The van der Waals surface area contributed by atoms with E-state index in [0.29, 0.717) is 31.0 Å². The molecule has 3 rings (SSSR count). The first-order valence-corrected chi connectivity index (χ1v) is 10.2. The highest BCUT2D eigenvalue weighted by Gasteiger charge is 2.25. The Morgan fingerprint density at radius 2 is 1.85 bits per heavy atom. The number of carbonyl (C=O) groups is 2. The van der Waals surface area contributed by atoms with Gasteiger partial charge < -0.3 is 29.5 Å². The zero-order valence-corrected chi connectivity index (χ0v) is 18.3. The summed E-state index contributed by atoms with van der Waals surface area (Å²) in [6.45, 7) is 0.199. The monoisotopic (exact) mass is 459 g/mol. The molecule has 0 saturated heterocycles. The molecule has 0 saturated carbocycles. The Balaban J connectivity index is 1.68. The zero-order valence-electron chi connectivity index (χ0n) is 18.3. The maximum atomic E-state index is 12.7. The number of aliphatic hydroxyl groups excluding tert-OH is 1. The smallest absolute Gasteiger partial charge is 0.341 e. The van der Waals surface area contributed by atoms with Gasteiger partial charge in [-0.3, -0.25) is 14.9 Å². The Morgan fingerprint density at radius 3 is 2.48 bits per heavy atom. The maximum Gasteiger partial charge on any atom is 0.341 e. The number of rotatable bonds is 9. The summed E-state index contributed by atoms with van der Waals surface area (Å²) in [6, 6.07) is 7.37. The molecule has 1 aliphatic rings. The van der Waals surface area contributed by atoms with Crippen LogP contribution in [0, 0.1) is 10.1 Å². The van der Waals surface area contributed by atoms with E-state index in [2.05, 4.69) is 5.32 Å². The van der Waals surface area contributed by atoms with Gasteiger partial charge in [0.05, 0.1) is 31.3 Å². The minimum Gasteiger partial charge on any atom is -0.493 e. The van der Waals surface area contributed by atoms with Crippen LogP contribution >= 0.6 is 0 Å². The van der Waals surface area contributed by atoms with Crippen molar-refractivity contribution in [3.05, 3.63) is 57.1 Å². The fraction of sp³-hybridized carbons (Fsp3) is 0.364. The van der Waals surface area contributed by atoms with Gasteiger partial charge in [0.2, 0.25) is 0 Å². The van der Waals surface area contributed by atoms with Gasteiger partial charge >= 0.3 is 5.97 Å². The minimum absolute atomic E-state index is 0.0914. The quantitative estimate of drug-likeness (QED) is 0.326. The highest BCUT2D eigenvalue weighted by Crippen LogP contribution is 2.33. The largest absolute Gasteiger partial charge is 0.493 e. The first kappa shape index (κ1) is 23.8. The summed E-state index contributed by atoms with van der Waals surface area (Å²) < 4.78 is 15.8. The van der Waals surface area contributed by atoms with Gasteiger partial charge in [-0.1, -0.05) is 0 Å². The molecule has 1 heterocycles. The number of fused-ring (bicyclic) bond motifs is 1. The number of hydrogen-bond donors (Lipinski definition) is 2. The van der Waals surface area contributed by atoms with Gasteiger partial charge in [0, 0.05) is 37.5 Å². The molecule has 1 amide bonds. The third-order valence-electron chi connectivity index (χ3n) is 5.26. The van der Waals surface area contributed by atoms with Gasteiger partial charge in [-0.05, 0) is 35.7 Å². The van der Waals surface area contributed by atoms with E-state index in [1.54, 1.807) is 12.0 Å². The van der Waals surface area contributed by atoms with Gasteiger partial charge in [0.1, 0.15) is 0 Å². The molecule has 1 aliphatic heterocycles. The molecule has 0 fully saturated rings. The first-order chi connectivity index (χ1) is 15.9. The summed E-state index contributed by atoms with van der Waals surface area (Å²) in [5, 5.41) is 22.9. The van der Waals surface area contributed by atoms with E-state index in [0.717, 1.165) is 17.2 Å². The number of nitro benzene ring substituents is 1. The molecule has 2 N–H and O–H groups in total. The highest BCUT2D eigenvalue weighted by molar-refractivity contribution is 5.97. The summed E-state index contributed by atoms with van der Waals surface area (Å²) in [5.41, 5.74) is 1.84. The number of amides is 1. The SMILES string of the molecule is COc1cc2c(cc1OC)CN(C(=O)COC(=O)c1cc([N+](=O)[O-])ccc1NCCO)CC2. The number of carbonyl (C=O) groups excluding carboxylic acids is 2. The predicted octanol–water partition coefficient (Wildman–Crippen LogP) is 1.76. The summed E-state index contributed by atoms with van der Waals surface area (Å²) in [5.74, 6) is -0.0894. The van der Waals surface area contributed by atoms with Crippen LogP contribution in [0.3, 0.4) is 0 Å². The number of nitrogens with zero attached hydrogens (tertiary/aromatic N) is 2. The summed E-state index contributed by atoms with van der Waals surface area (Å²) in [6.07, 6.45) is 0.607. The average Bonchev–Trinajstić information content (AvgIpc) is 2.84. The molecule has 0 atom stereocenters. The lowest BCUT2D eigenvalue weighted by molar-refractivity contribution is -0.384. The molecule has 11 nitrogen and oxygen atoms in total. The normalized spacial score (nSPS) is 12.5. The lowest BCUT2D eigenvalue weighted by Crippen LogP contribution is -2.38. The molecule has 2 aromatic carbocycles. The molecule has 0 radical (unpaired) electrons. The molecule has 0 bridgehead atoms. The lowest BCUT2D eigenvalue weighted by Gasteiger charge is -2.29. The number of methoxy groups -OCH3 is 2. The zero-order chi connectivity index (χ0) is 24.0. The third kappa shape index (κ3) is 5.50. The van der Waals surface area contributed by atoms with E-state index in [1.165, 1.54) is 19.2 Å². The number of aliphatic hydroxyl groups is 1. The van der Waals surface area contributed by atoms with E-state index in [-0.39, 0.29) is 36.0 Å². The minimum atomic E-state index is -0.878. The van der Waals surface area contributed by atoms with Gasteiger partial charge in [-0.25, -0.2) is 4.79 Å². The van der Waals surface area contributed by atoms with E-state index >= 15 is 0 Å². The van der Waals surface area contributed by atoms with Crippen LogP contribution < -0.4 is 14.8 Å². The van der Waals surface area contributed by atoms with Crippen molar-refractivity contribution < 1.29 is 33.8 Å². The number of anilines is 1. The Hall–Kier alpha value is -3.86. The Labute approximate surface area is 190 Å². The number of nitro groups is 1. The molecule has 33 heavy (non-hydrogen) atoms. The Kier molecular flexibility index (Phi) is 7.67. The topological polar surface area (TPSA) is 140 Å². The van der Waals surface area contributed by atoms with Crippen molar-refractivity contribution in [2.75, 3.05) is 45.8 Å². The molecular formula is C22H25N3O8. The molecule has 176 valence electrons. The highest BCUT2D eigenvalue weighted by atomic mass is 16.6. The molecule has 0 aliphatic carbocycles. The number of hydrogen-bond acceptors (Lipinski definition) is 9. The van der Waals surface area contributed by atoms with Crippen LogP contribution in [-0.4, -0.2) is 67.3 Å². The fourth-order valence-electron chi connectivity index (χ4n) is 3.55. The molecule has 2 aromatic rings. The van der Waals surface area contributed by atoms with Gasteiger partial charge in [-0.15, -0.1) is 0 Å². The second-order valence-electron chi connectivity index (χ2n) is 7.25. The third-order valence-corrected chi connectivity index (χ3v) is 5.26. The van der Waals surface area contributed by atoms with Crippen LogP contribution in [0.25, 0.3) is 0 Å². The second kappa shape index (κ2) is 10.6. The standard InChI is InChI=1S/C22H25N3O8/c1-31-19-9-14-5-7-24(12-15(14)10-20(19)32-2)21(27)13-33-22(28)17-11-16(25(29)30)3-4-18(17)23-6-8-26/h3-4,9-11,23,26H,5-8,12-13H2,1-2H3. The molecule has 0 aromatic heterocycles. The number of nitrogens with one attached hydrogen (secondary N) is 1. The van der Waals surface area contributed by atoms with Gasteiger partial charge in [0.15, 0.2) is 18.1 Å². The van der Waals surface area contributed by atoms with Crippen LogP contribution in [0.5, 0.6) is 11.5 Å². The Morgan fingerprint density at radius 1 is 1.15 bits per heavy atom. The molecule has 0 spiro atoms. The van der Waals surface area contributed by atoms with Crippen molar-refractivity contribution in [3.8, 4) is 11.5 Å². The summed E-state index contributed by atoms with van der Waals surface area (Å²) in [7, 11) is 3.09. The van der Waals surface area contributed by atoms with Crippen molar-refractivity contribution in [1.82, 2.24) is 4.90 Å². The predicted molar refractivity (Wildman–Crippen MR) is 118 cm³/mol. The number of benzene rings is 2. The van der Waals surface area contributed by atoms with Crippen molar-refractivity contribution >= 4 is 23.3 Å². The van der Waals surface area contributed by atoms with Crippen LogP contribution in [-0.2, 0) is 22.5 Å². The van der Waals surface area contributed by atoms with E-state index in [4.69, 9.17) is 19.3 Å². The van der Waals surface area contributed by atoms with Gasteiger partial charge in [0.25, 0.3) is 11.6 Å². The molecular weight excluding hydrogens is 434 g/mol. The second-order valence-corrected chi connectivity index (χ2v) is 7.25. The van der Waals surface area contributed by atoms with Crippen LogP contribution in [0.2, 0.25) is 0 Å². The van der Waals surface area contributed by atoms with E-state index in [9.17, 15) is 19.7 Å². The van der Waals surface area contributed by atoms with Crippen LogP contribution in [0.1, 0.15) is 21.5 Å². The molecule has 11 heteroatoms. The summed E-state index contributed by atoms with van der Waals surface area (Å²) >= 11 is 0. The summed E-state index contributed by atoms with van der Waals surface area (Å²) in [4.78, 5) is 37.3. The van der Waals surface area contributed by atoms with Crippen molar-refractivity contribution in [2.45, 2.75) is 13.0 Å². The lowest BCUT2D eigenvalue weighted by atomic mass is 9.99. The average molecular weight is 459 g/mol. The van der Waals surface area contributed by atoms with E-state index < -0.39 is 17.5 Å². The van der Waals surface area contributed by atoms with Crippen molar-refractivity contribution in [3.63, 3.8) is 0 Å². The van der Waals surface area contributed by atoms with E-state index in [1.807, 2.05) is 12.1 Å². The maximum absolute atomic E-state index is 12.7. The van der Waals surface area contributed by atoms with Crippen molar-refractivity contribution in [2.24, 2.45) is 0 Å². The Bertz CT molecular complexity index is 1060. The van der Waals surface area contributed by atoms with Crippen LogP contribution in [0.15, 0.2) is 30.3 Å².